The number of ether oxygens (including phenoxy) is 1. The molecule has 3 aromatic rings. The van der Waals surface area contributed by atoms with E-state index in [1.54, 1.807) is 22.7 Å². The zero-order valence-electron chi connectivity index (χ0n) is 11.6. The van der Waals surface area contributed by atoms with Crippen LogP contribution in [0.3, 0.4) is 0 Å². The van der Waals surface area contributed by atoms with Crippen LogP contribution in [-0.2, 0) is 14.1 Å². The van der Waals surface area contributed by atoms with Crippen LogP contribution in [0.15, 0.2) is 37.1 Å². The smallest absolute Gasteiger partial charge is 0.213 e. The van der Waals surface area contributed by atoms with Gasteiger partial charge in [0.15, 0.2) is 0 Å². The van der Waals surface area contributed by atoms with E-state index in [1.165, 1.54) is 0 Å². The molecule has 0 radical (unpaired) electrons. The van der Waals surface area contributed by atoms with Crippen LogP contribution < -0.4 is 4.74 Å². The zero-order chi connectivity index (χ0) is 14.1. The predicted molar refractivity (Wildman–Crippen MR) is 75.2 cm³/mol. The normalized spacial score (nSPS) is 10.8. The number of rotatable bonds is 3. The molecule has 0 bridgehead atoms. The van der Waals surface area contributed by atoms with Crippen molar-refractivity contribution in [1.29, 1.82) is 0 Å². The Morgan fingerprint density at radius 3 is 2.00 bits per heavy atom. The first-order valence-electron chi connectivity index (χ1n) is 6.19. The average molecular weight is 269 g/mol. The summed E-state index contributed by atoms with van der Waals surface area (Å²) in [5.41, 5.74) is 4.07. The Bertz CT molecular complexity index is 744. The lowest BCUT2D eigenvalue weighted by molar-refractivity contribution is 0.398. The molecule has 3 rings (SSSR count). The molecule has 3 aromatic heterocycles. The van der Waals surface area contributed by atoms with Gasteiger partial charge in [0, 0.05) is 55.4 Å². The Morgan fingerprint density at radius 2 is 1.50 bits per heavy atom. The highest BCUT2D eigenvalue weighted by atomic mass is 16.5. The standard InChI is InChI=1S/C14H15N5O/c1-18-8-10(5-16-18)12-4-14(20-3)15-7-13(12)11-6-17-19(2)9-11/h4-9H,1-3H3. The molecule has 0 unspecified atom stereocenters. The number of nitrogens with zero attached hydrogens (tertiary/aromatic N) is 5. The van der Waals surface area contributed by atoms with Gasteiger partial charge in [-0.3, -0.25) is 9.36 Å². The van der Waals surface area contributed by atoms with Crippen LogP contribution in [0.25, 0.3) is 22.3 Å². The number of hydrogen-bond donors (Lipinski definition) is 0. The van der Waals surface area contributed by atoms with Gasteiger partial charge in [-0.05, 0) is 5.56 Å². The highest BCUT2D eigenvalue weighted by molar-refractivity contribution is 5.82. The summed E-state index contributed by atoms with van der Waals surface area (Å²) in [5.74, 6) is 0.580. The van der Waals surface area contributed by atoms with Crippen molar-refractivity contribution in [3.63, 3.8) is 0 Å². The average Bonchev–Trinajstić information content (AvgIpc) is 3.07. The molecule has 0 atom stereocenters. The van der Waals surface area contributed by atoms with Gasteiger partial charge in [-0.25, -0.2) is 4.98 Å². The first-order chi connectivity index (χ1) is 9.67. The minimum Gasteiger partial charge on any atom is -0.481 e. The third-order valence-corrected chi connectivity index (χ3v) is 3.12. The molecule has 0 saturated carbocycles. The van der Waals surface area contributed by atoms with Gasteiger partial charge in [-0.15, -0.1) is 0 Å². The fourth-order valence-corrected chi connectivity index (χ4v) is 2.14. The maximum atomic E-state index is 5.22. The monoisotopic (exact) mass is 269 g/mol. The molecule has 0 aromatic carbocycles. The predicted octanol–water partition coefficient (Wildman–Crippen LogP) is 1.89. The molecule has 0 amide bonds. The van der Waals surface area contributed by atoms with Crippen molar-refractivity contribution in [2.75, 3.05) is 7.11 Å². The zero-order valence-corrected chi connectivity index (χ0v) is 11.6. The Morgan fingerprint density at radius 1 is 0.900 bits per heavy atom. The maximum Gasteiger partial charge on any atom is 0.213 e. The van der Waals surface area contributed by atoms with E-state index < -0.39 is 0 Å². The van der Waals surface area contributed by atoms with Crippen molar-refractivity contribution in [3.8, 4) is 28.1 Å². The number of aromatic nitrogens is 5. The van der Waals surface area contributed by atoms with Gasteiger partial charge in [-0.2, -0.15) is 10.2 Å². The summed E-state index contributed by atoms with van der Waals surface area (Å²) in [6.45, 7) is 0. The minimum absolute atomic E-state index is 0.580. The van der Waals surface area contributed by atoms with Crippen LogP contribution in [0.5, 0.6) is 5.88 Å². The largest absolute Gasteiger partial charge is 0.481 e. The van der Waals surface area contributed by atoms with Gasteiger partial charge in [-0.1, -0.05) is 0 Å². The first-order valence-corrected chi connectivity index (χ1v) is 6.19. The van der Waals surface area contributed by atoms with Gasteiger partial charge in [0.25, 0.3) is 0 Å². The number of methoxy groups -OCH3 is 1. The fraction of sp³-hybridized carbons (Fsp3) is 0.214. The lowest BCUT2D eigenvalue weighted by Crippen LogP contribution is -1.91. The van der Waals surface area contributed by atoms with E-state index in [1.807, 2.05) is 44.9 Å². The van der Waals surface area contributed by atoms with Gasteiger partial charge in [0.1, 0.15) is 0 Å². The summed E-state index contributed by atoms with van der Waals surface area (Å²) < 4.78 is 8.76. The fourth-order valence-electron chi connectivity index (χ4n) is 2.14. The van der Waals surface area contributed by atoms with E-state index in [9.17, 15) is 0 Å². The second-order valence-corrected chi connectivity index (χ2v) is 4.58. The Kier molecular flexibility index (Phi) is 2.98. The summed E-state index contributed by atoms with van der Waals surface area (Å²) in [6, 6.07) is 1.92. The molecule has 6 nitrogen and oxygen atoms in total. The van der Waals surface area contributed by atoms with Crippen LogP contribution in [0.1, 0.15) is 0 Å². The number of hydrogen-bond acceptors (Lipinski definition) is 4. The lowest BCUT2D eigenvalue weighted by Gasteiger charge is -2.07. The van der Waals surface area contributed by atoms with Gasteiger partial charge >= 0.3 is 0 Å². The number of aryl methyl sites for hydroxylation is 2. The van der Waals surface area contributed by atoms with Crippen molar-refractivity contribution in [2.45, 2.75) is 0 Å². The summed E-state index contributed by atoms with van der Waals surface area (Å²) in [5, 5.41) is 8.44. The molecular weight excluding hydrogens is 254 g/mol. The first kappa shape index (κ1) is 12.4. The van der Waals surface area contributed by atoms with Crippen molar-refractivity contribution in [3.05, 3.63) is 37.1 Å². The van der Waals surface area contributed by atoms with E-state index in [0.717, 1.165) is 22.3 Å². The summed E-state index contributed by atoms with van der Waals surface area (Å²) >= 11 is 0. The molecule has 0 N–H and O–H groups in total. The van der Waals surface area contributed by atoms with Crippen LogP contribution in [-0.4, -0.2) is 31.7 Å². The maximum absolute atomic E-state index is 5.22. The van der Waals surface area contributed by atoms with Crippen LogP contribution >= 0.6 is 0 Å². The van der Waals surface area contributed by atoms with E-state index in [2.05, 4.69) is 15.2 Å². The third kappa shape index (κ3) is 2.16. The third-order valence-electron chi connectivity index (χ3n) is 3.12. The van der Waals surface area contributed by atoms with Crippen molar-refractivity contribution >= 4 is 0 Å². The topological polar surface area (TPSA) is 57.8 Å². The molecule has 20 heavy (non-hydrogen) atoms. The highest BCUT2D eigenvalue weighted by Crippen LogP contribution is 2.33. The van der Waals surface area contributed by atoms with E-state index in [-0.39, 0.29) is 0 Å². The number of pyridine rings is 1. The Balaban J connectivity index is 2.18. The summed E-state index contributed by atoms with van der Waals surface area (Å²) in [6.07, 6.45) is 9.38. The van der Waals surface area contributed by atoms with Gasteiger partial charge in [0.2, 0.25) is 5.88 Å². The molecule has 0 fully saturated rings. The summed E-state index contributed by atoms with van der Waals surface area (Å²) in [7, 11) is 5.40. The van der Waals surface area contributed by atoms with Crippen molar-refractivity contribution < 1.29 is 4.74 Å². The Hall–Kier alpha value is -2.63. The van der Waals surface area contributed by atoms with E-state index >= 15 is 0 Å². The molecule has 0 spiro atoms. The van der Waals surface area contributed by atoms with Crippen LogP contribution in [0.4, 0.5) is 0 Å². The second kappa shape index (κ2) is 4.80. The molecule has 0 aliphatic rings. The molecule has 0 aliphatic carbocycles. The molecule has 6 heteroatoms. The SMILES string of the molecule is COc1cc(-c2cnn(C)c2)c(-c2cnn(C)c2)cn1. The molecular formula is C14H15N5O. The van der Waals surface area contributed by atoms with Gasteiger partial charge in [0.05, 0.1) is 19.5 Å². The van der Waals surface area contributed by atoms with Crippen LogP contribution in [0.2, 0.25) is 0 Å². The van der Waals surface area contributed by atoms with Crippen LogP contribution in [0, 0.1) is 0 Å². The molecule has 102 valence electrons. The molecule has 0 saturated heterocycles. The highest BCUT2D eigenvalue weighted by Gasteiger charge is 2.12. The summed E-state index contributed by atoms with van der Waals surface area (Å²) in [4.78, 5) is 4.29. The minimum atomic E-state index is 0.580. The lowest BCUT2D eigenvalue weighted by atomic mass is 10.0. The van der Waals surface area contributed by atoms with E-state index in [0.29, 0.717) is 5.88 Å². The quantitative estimate of drug-likeness (QED) is 0.728. The van der Waals surface area contributed by atoms with Crippen molar-refractivity contribution in [1.82, 2.24) is 24.5 Å². The Labute approximate surface area is 116 Å². The van der Waals surface area contributed by atoms with E-state index in [4.69, 9.17) is 4.74 Å². The second-order valence-electron chi connectivity index (χ2n) is 4.58. The molecule has 0 aliphatic heterocycles. The van der Waals surface area contributed by atoms with Crippen molar-refractivity contribution in [2.24, 2.45) is 14.1 Å². The van der Waals surface area contributed by atoms with Gasteiger partial charge < -0.3 is 4.74 Å². The molecule has 3 heterocycles.